The summed E-state index contributed by atoms with van der Waals surface area (Å²) in [7, 11) is -1.72. The molecule has 0 saturated heterocycles. The van der Waals surface area contributed by atoms with Gasteiger partial charge in [-0.05, 0) is 40.5 Å². The van der Waals surface area contributed by atoms with Crippen molar-refractivity contribution in [1.29, 1.82) is 0 Å². The van der Waals surface area contributed by atoms with E-state index in [4.69, 9.17) is 4.74 Å². The van der Waals surface area contributed by atoms with Gasteiger partial charge in [-0.25, -0.2) is 13.4 Å². The van der Waals surface area contributed by atoms with Gasteiger partial charge in [0.2, 0.25) is 0 Å². The fourth-order valence-electron chi connectivity index (χ4n) is 1.05. The van der Waals surface area contributed by atoms with Crippen LogP contribution in [-0.2, 0) is 14.6 Å². The number of halogens is 1. The fraction of sp³-hybridized carbons (Fsp3) is 0.444. The van der Waals surface area contributed by atoms with Crippen LogP contribution >= 0.6 is 15.9 Å². The zero-order chi connectivity index (χ0) is 11.6. The van der Waals surface area contributed by atoms with Crippen molar-refractivity contribution >= 4 is 25.8 Å². The van der Waals surface area contributed by atoms with E-state index in [1.54, 1.807) is 13.2 Å². The fourth-order valence-corrected chi connectivity index (χ4v) is 2.24. The van der Waals surface area contributed by atoms with E-state index in [1.807, 2.05) is 6.92 Å². The minimum Gasteiger partial charge on any atom is -0.377 e. The Balaban J connectivity index is 3.29. The summed E-state index contributed by atoms with van der Waals surface area (Å²) < 4.78 is 28.3. The third-order valence-electron chi connectivity index (χ3n) is 2.00. The summed E-state index contributed by atoms with van der Waals surface area (Å²) in [5.74, 6) is 0. The molecule has 0 spiro atoms. The first-order valence-corrected chi connectivity index (χ1v) is 6.93. The van der Waals surface area contributed by atoms with Crippen LogP contribution in [-0.4, -0.2) is 26.8 Å². The van der Waals surface area contributed by atoms with E-state index >= 15 is 0 Å². The first kappa shape index (κ1) is 12.6. The number of ether oxygens (including phenoxy) is 1. The van der Waals surface area contributed by atoms with Crippen molar-refractivity contribution in [2.24, 2.45) is 0 Å². The average molecular weight is 294 g/mol. The summed E-state index contributed by atoms with van der Waals surface area (Å²) in [4.78, 5) is 3.89. The summed E-state index contributed by atoms with van der Waals surface area (Å²) in [5, 5.41) is 0.0516. The number of pyridine rings is 1. The van der Waals surface area contributed by atoms with Crippen LogP contribution in [0.5, 0.6) is 0 Å². The van der Waals surface area contributed by atoms with Crippen molar-refractivity contribution < 1.29 is 13.2 Å². The molecule has 1 aromatic rings. The summed E-state index contributed by atoms with van der Waals surface area (Å²) in [6.07, 6.45) is 0.966. The maximum Gasteiger partial charge on any atom is 0.192 e. The summed E-state index contributed by atoms with van der Waals surface area (Å²) >= 11 is 3.17. The van der Waals surface area contributed by atoms with Crippen molar-refractivity contribution in [2.45, 2.75) is 18.1 Å². The van der Waals surface area contributed by atoms with E-state index in [2.05, 4.69) is 20.9 Å². The van der Waals surface area contributed by atoms with Gasteiger partial charge >= 0.3 is 0 Å². The molecule has 0 aliphatic carbocycles. The highest BCUT2D eigenvalue weighted by Gasteiger charge is 2.14. The summed E-state index contributed by atoms with van der Waals surface area (Å²) in [5.41, 5.74) is 0.778. The second-order valence-electron chi connectivity index (χ2n) is 3.21. The van der Waals surface area contributed by atoms with Gasteiger partial charge in [0, 0.05) is 13.4 Å². The number of sulfone groups is 1. The normalized spacial score (nSPS) is 13.9. The maximum absolute atomic E-state index is 11.3. The molecule has 1 aromatic heterocycles. The van der Waals surface area contributed by atoms with Gasteiger partial charge in [0.15, 0.2) is 14.9 Å². The SMILES string of the molecule is COC(C)c1cc(Br)nc(S(C)(=O)=O)c1. The molecule has 0 aliphatic rings. The Hall–Kier alpha value is -0.460. The van der Waals surface area contributed by atoms with E-state index in [9.17, 15) is 8.42 Å². The molecule has 1 unspecified atom stereocenters. The van der Waals surface area contributed by atoms with Crippen molar-refractivity contribution in [3.8, 4) is 0 Å². The van der Waals surface area contributed by atoms with Gasteiger partial charge in [0.05, 0.1) is 6.10 Å². The molecular formula is C9H12BrNO3S. The van der Waals surface area contributed by atoms with Crippen LogP contribution < -0.4 is 0 Å². The highest BCUT2D eigenvalue weighted by atomic mass is 79.9. The Morgan fingerprint density at radius 2 is 2.07 bits per heavy atom. The molecule has 0 aromatic carbocycles. The van der Waals surface area contributed by atoms with Gasteiger partial charge in [-0.3, -0.25) is 0 Å². The minimum atomic E-state index is -3.29. The van der Waals surface area contributed by atoms with Crippen LogP contribution in [0.2, 0.25) is 0 Å². The molecule has 0 saturated carbocycles. The first-order chi connectivity index (χ1) is 6.84. The molecule has 0 bridgehead atoms. The zero-order valence-corrected chi connectivity index (χ0v) is 11.1. The molecule has 6 heteroatoms. The van der Waals surface area contributed by atoms with E-state index in [-0.39, 0.29) is 11.1 Å². The van der Waals surface area contributed by atoms with Gasteiger partial charge in [-0.2, -0.15) is 0 Å². The maximum atomic E-state index is 11.3. The third-order valence-corrected chi connectivity index (χ3v) is 3.37. The number of hydrogen-bond acceptors (Lipinski definition) is 4. The van der Waals surface area contributed by atoms with Crippen LogP contribution in [0, 0.1) is 0 Å². The molecule has 1 heterocycles. The lowest BCUT2D eigenvalue weighted by Gasteiger charge is -2.11. The highest BCUT2D eigenvalue weighted by molar-refractivity contribution is 9.10. The summed E-state index contributed by atoms with van der Waals surface area (Å²) in [6, 6.07) is 3.26. The summed E-state index contributed by atoms with van der Waals surface area (Å²) in [6.45, 7) is 1.84. The Labute approximate surface area is 97.7 Å². The first-order valence-electron chi connectivity index (χ1n) is 4.25. The lowest BCUT2D eigenvalue weighted by molar-refractivity contribution is 0.119. The molecule has 0 radical (unpaired) electrons. The van der Waals surface area contributed by atoms with Gasteiger partial charge in [0.25, 0.3) is 0 Å². The topological polar surface area (TPSA) is 56.3 Å². The molecule has 1 rings (SSSR count). The molecular weight excluding hydrogens is 282 g/mol. The molecule has 84 valence electrons. The van der Waals surface area contributed by atoms with Gasteiger partial charge in [-0.1, -0.05) is 0 Å². The number of methoxy groups -OCH3 is 1. The molecule has 0 amide bonds. The van der Waals surface area contributed by atoms with Crippen LogP contribution in [0.15, 0.2) is 21.8 Å². The van der Waals surface area contributed by atoms with Crippen LogP contribution in [0.25, 0.3) is 0 Å². The smallest absolute Gasteiger partial charge is 0.192 e. The number of hydrogen-bond donors (Lipinski definition) is 0. The van der Waals surface area contributed by atoms with Gasteiger partial charge in [-0.15, -0.1) is 0 Å². The Morgan fingerprint density at radius 1 is 1.47 bits per heavy atom. The van der Waals surface area contributed by atoms with Crippen LogP contribution in [0.1, 0.15) is 18.6 Å². The van der Waals surface area contributed by atoms with E-state index in [0.717, 1.165) is 11.8 Å². The quantitative estimate of drug-likeness (QED) is 0.800. The van der Waals surface area contributed by atoms with E-state index < -0.39 is 9.84 Å². The van der Waals surface area contributed by atoms with Gasteiger partial charge in [0.1, 0.15) is 4.60 Å². The number of aromatic nitrogens is 1. The molecule has 1 atom stereocenters. The molecule has 0 aliphatic heterocycles. The van der Waals surface area contributed by atoms with E-state index in [1.165, 1.54) is 6.07 Å². The van der Waals surface area contributed by atoms with Gasteiger partial charge < -0.3 is 4.74 Å². The highest BCUT2D eigenvalue weighted by Crippen LogP contribution is 2.22. The molecule has 4 nitrogen and oxygen atoms in total. The lowest BCUT2D eigenvalue weighted by Crippen LogP contribution is -2.04. The zero-order valence-electron chi connectivity index (χ0n) is 8.69. The van der Waals surface area contributed by atoms with Crippen molar-refractivity contribution in [1.82, 2.24) is 4.98 Å². The number of nitrogens with zero attached hydrogens (tertiary/aromatic N) is 1. The predicted molar refractivity (Wildman–Crippen MR) is 60.5 cm³/mol. The predicted octanol–water partition coefficient (Wildman–Crippen LogP) is 1.96. The average Bonchev–Trinajstić information content (AvgIpc) is 2.14. The standard InChI is InChI=1S/C9H12BrNO3S/c1-6(14-2)7-4-8(10)11-9(5-7)15(3,12)13/h4-6H,1-3H3. The molecule has 15 heavy (non-hydrogen) atoms. The molecule has 0 fully saturated rings. The lowest BCUT2D eigenvalue weighted by atomic mass is 10.2. The largest absolute Gasteiger partial charge is 0.377 e. The second kappa shape index (κ2) is 4.59. The Bertz CT molecular complexity index is 458. The monoisotopic (exact) mass is 293 g/mol. The number of rotatable bonds is 3. The van der Waals surface area contributed by atoms with Crippen LogP contribution in [0.4, 0.5) is 0 Å². The third kappa shape index (κ3) is 3.25. The minimum absolute atomic E-state index is 0.0516. The van der Waals surface area contributed by atoms with Crippen molar-refractivity contribution in [3.05, 3.63) is 22.3 Å². The van der Waals surface area contributed by atoms with Crippen LogP contribution in [0.3, 0.4) is 0 Å². The Morgan fingerprint density at radius 3 is 2.53 bits per heavy atom. The van der Waals surface area contributed by atoms with Crippen molar-refractivity contribution in [2.75, 3.05) is 13.4 Å². The van der Waals surface area contributed by atoms with E-state index in [0.29, 0.717) is 4.60 Å². The second-order valence-corrected chi connectivity index (χ2v) is 5.99. The molecule has 0 N–H and O–H groups in total. The Kier molecular flexibility index (Phi) is 3.86. The van der Waals surface area contributed by atoms with Crippen molar-refractivity contribution in [3.63, 3.8) is 0 Å².